The number of tetrazole rings is 1. The number of nitrogens with zero attached hydrogens (tertiary/aromatic N) is 4. The molecule has 2 aromatic rings. The molecule has 2 aromatic heterocycles. The van der Waals surface area contributed by atoms with Gasteiger partial charge >= 0.3 is 5.97 Å². The SMILES string of the molecule is O=C(O)c1ccc(NC(=O)c2nn[nH]n2)cn1. The van der Waals surface area contributed by atoms with E-state index in [1.165, 1.54) is 18.3 Å². The zero-order valence-electron chi connectivity index (χ0n) is 8.28. The standard InChI is InChI=1S/C8H6N6O3/c15-7(6-11-13-14-12-6)10-4-1-2-5(8(16)17)9-3-4/h1-3H,(H,10,15)(H,16,17)(H,11,12,13,14). The second kappa shape index (κ2) is 4.35. The molecule has 0 aliphatic heterocycles. The van der Waals surface area contributed by atoms with Crippen molar-refractivity contribution in [1.82, 2.24) is 25.6 Å². The van der Waals surface area contributed by atoms with E-state index < -0.39 is 11.9 Å². The summed E-state index contributed by atoms with van der Waals surface area (Å²) in [5.41, 5.74) is 0.229. The van der Waals surface area contributed by atoms with Crippen LogP contribution in [-0.4, -0.2) is 42.6 Å². The van der Waals surface area contributed by atoms with E-state index in [0.29, 0.717) is 5.69 Å². The van der Waals surface area contributed by atoms with Crippen LogP contribution in [0.25, 0.3) is 0 Å². The Bertz CT molecular complexity index is 535. The van der Waals surface area contributed by atoms with E-state index in [2.05, 4.69) is 30.9 Å². The Balaban J connectivity index is 2.09. The normalized spacial score (nSPS) is 9.88. The highest BCUT2D eigenvalue weighted by Crippen LogP contribution is 2.07. The molecule has 0 unspecified atom stereocenters. The van der Waals surface area contributed by atoms with Gasteiger partial charge < -0.3 is 10.4 Å². The quantitative estimate of drug-likeness (QED) is 0.654. The summed E-state index contributed by atoms with van der Waals surface area (Å²) in [7, 11) is 0. The molecule has 1 amide bonds. The van der Waals surface area contributed by atoms with Gasteiger partial charge in [0, 0.05) is 0 Å². The molecule has 0 aliphatic carbocycles. The Labute approximate surface area is 93.9 Å². The van der Waals surface area contributed by atoms with Gasteiger partial charge in [-0.05, 0) is 17.3 Å². The predicted octanol–water partition coefficient (Wildman–Crippen LogP) is -0.455. The topological polar surface area (TPSA) is 134 Å². The number of hydrogen-bond acceptors (Lipinski definition) is 6. The van der Waals surface area contributed by atoms with Gasteiger partial charge in [-0.1, -0.05) is 0 Å². The number of amides is 1. The van der Waals surface area contributed by atoms with Crippen molar-refractivity contribution in [3.05, 3.63) is 29.8 Å². The first kappa shape index (κ1) is 10.7. The monoisotopic (exact) mass is 234 g/mol. The maximum Gasteiger partial charge on any atom is 0.354 e. The fraction of sp³-hybridized carbons (Fsp3) is 0. The molecular weight excluding hydrogens is 228 g/mol. The smallest absolute Gasteiger partial charge is 0.354 e. The van der Waals surface area contributed by atoms with E-state index >= 15 is 0 Å². The lowest BCUT2D eigenvalue weighted by atomic mass is 10.3. The lowest BCUT2D eigenvalue weighted by molar-refractivity contribution is 0.0690. The number of hydrogen-bond donors (Lipinski definition) is 3. The maximum atomic E-state index is 11.5. The maximum absolute atomic E-state index is 11.5. The Morgan fingerprint density at radius 1 is 1.35 bits per heavy atom. The van der Waals surface area contributed by atoms with Crippen molar-refractivity contribution in [1.29, 1.82) is 0 Å². The predicted molar refractivity (Wildman–Crippen MR) is 53.3 cm³/mol. The number of aromatic carboxylic acids is 1. The number of H-pyrrole nitrogens is 1. The molecule has 0 fully saturated rings. The minimum absolute atomic E-state index is 0.109. The number of anilines is 1. The van der Waals surface area contributed by atoms with Gasteiger partial charge in [0.2, 0.25) is 0 Å². The summed E-state index contributed by atoms with van der Waals surface area (Å²) < 4.78 is 0. The zero-order chi connectivity index (χ0) is 12.3. The van der Waals surface area contributed by atoms with Gasteiger partial charge in [0.1, 0.15) is 5.69 Å². The van der Waals surface area contributed by atoms with Crippen LogP contribution >= 0.6 is 0 Å². The lowest BCUT2D eigenvalue weighted by Gasteiger charge is -2.01. The Hall–Kier alpha value is -2.84. The van der Waals surface area contributed by atoms with E-state index in [-0.39, 0.29) is 11.5 Å². The third kappa shape index (κ3) is 2.40. The van der Waals surface area contributed by atoms with Crippen LogP contribution in [0.4, 0.5) is 5.69 Å². The van der Waals surface area contributed by atoms with Crippen LogP contribution in [-0.2, 0) is 0 Å². The number of aromatic amines is 1. The Morgan fingerprint density at radius 2 is 2.18 bits per heavy atom. The number of carboxylic acid groups (broad SMARTS) is 1. The van der Waals surface area contributed by atoms with Gasteiger partial charge in [0.15, 0.2) is 0 Å². The second-order valence-corrected chi connectivity index (χ2v) is 2.93. The number of carbonyl (C=O) groups excluding carboxylic acids is 1. The number of carboxylic acids is 1. The zero-order valence-corrected chi connectivity index (χ0v) is 8.28. The average molecular weight is 234 g/mol. The minimum atomic E-state index is -1.14. The molecule has 2 heterocycles. The average Bonchev–Trinajstić information content (AvgIpc) is 2.83. The molecule has 0 aliphatic rings. The number of aromatic nitrogens is 5. The van der Waals surface area contributed by atoms with E-state index in [4.69, 9.17) is 5.11 Å². The highest BCUT2D eigenvalue weighted by Gasteiger charge is 2.11. The van der Waals surface area contributed by atoms with Crippen molar-refractivity contribution in [2.24, 2.45) is 0 Å². The van der Waals surface area contributed by atoms with Gasteiger partial charge in [-0.2, -0.15) is 5.21 Å². The molecule has 0 saturated carbocycles. The largest absolute Gasteiger partial charge is 0.477 e. The first-order chi connectivity index (χ1) is 8.16. The molecule has 9 nitrogen and oxygen atoms in total. The minimum Gasteiger partial charge on any atom is -0.477 e. The van der Waals surface area contributed by atoms with E-state index in [9.17, 15) is 9.59 Å². The van der Waals surface area contributed by atoms with Gasteiger partial charge in [-0.25, -0.2) is 9.78 Å². The van der Waals surface area contributed by atoms with E-state index in [0.717, 1.165) is 0 Å². The summed E-state index contributed by atoms with van der Waals surface area (Å²) >= 11 is 0. The molecule has 0 aromatic carbocycles. The summed E-state index contributed by atoms with van der Waals surface area (Å²) in [5.74, 6) is -1.82. The first-order valence-corrected chi connectivity index (χ1v) is 4.41. The number of pyridine rings is 1. The molecule has 0 saturated heterocycles. The van der Waals surface area contributed by atoms with Crippen molar-refractivity contribution in [3.8, 4) is 0 Å². The van der Waals surface area contributed by atoms with Crippen molar-refractivity contribution >= 4 is 17.6 Å². The van der Waals surface area contributed by atoms with Crippen molar-refractivity contribution in [2.75, 3.05) is 5.32 Å². The second-order valence-electron chi connectivity index (χ2n) is 2.93. The van der Waals surface area contributed by atoms with E-state index in [1.54, 1.807) is 0 Å². The van der Waals surface area contributed by atoms with Crippen LogP contribution in [0.15, 0.2) is 18.3 Å². The number of nitrogens with one attached hydrogen (secondary N) is 2. The highest BCUT2D eigenvalue weighted by atomic mass is 16.4. The van der Waals surface area contributed by atoms with Crippen LogP contribution in [0.5, 0.6) is 0 Å². The van der Waals surface area contributed by atoms with E-state index in [1.807, 2.05) is 0 Å². The molecule has 0 atom stereocenters. The summed E-state index contributed by atoms with van der Waals surface area (Å²) in [6.07, 6.45) is 1.22. The molecule has 0 bridgehead atoms. The van der Waals surface area contributed by atoms with Crippen molar-refractivity contribution in [2.45, 2.75) is 0 Å². The highest BCUT2D eigenvalue weighted by molar-refractivity contribution is 6.01. The van der Waals surface area contributed by atoms with Crippen molar-refractivity contribution < 1.29 is 14.7 Å². The van der Waals surface area contributed by atoms with Gasteiger partial charge in [0.25, 0.3) is 11.7 Å². The van der Waals surface area contributed by atoms with Crippen LogP contribution in [0.3, 0.4) is 0 Å². The molecule has 9 heteroatoms. The van der Waals surface area contributed by atoms with Crippen LogP contribution in [0.1, 0.15) is 21.1 Å². The van der Waals surface area contributed by atoms with Crippen LogP contribution in [0, 0.1) is 0 Å². The summed E-state index contributed by atoms with van der Waals surface area (Å²) in [5, 5.41) is 23.4. The fourth-order valence-electron chi connectivity index (χ4n) is 1.04. The summed E-state index contributed by atoms with van der Waals surface area (Å²) in [6.45, 7) is 0. The third-order valence-electron chi connectivity index (χ3n) is 1.79. The Morgan fingerprint density at radius 3 is 2.71 bits per heavy atom. The number of carbonyl (C=O) groups is 2. The van der Waals surface area contributed by atoms with Gasteiger partial charge in [-0.15, -0.1) is 10.2 Å². The molecular formula is C8H6N6O3. The Kier molecular flexibility index (Phi) is 2.73. The molecule has 0 spiro atoms. The van der Waals surface area contributed by atoms with Crippen molar-refractivity contribution in [3.63, 3.8) is 0 Å². The fourth-order valence-corrected chi connectivity index (χ4v) is 1.04. The molecule has 3 N–H and O–H groups in total. The first-order valence-electron chi connectivity index (χ1n) is 4.41. The molecule has 0 radical (unpaired) electrons. The molecule has 17 heavy (non-hydrogen) atoms. The van der Waals surface area contributed by atoms with Gasteiger partial charge in [-0.3, -0.25) is 4.79 Å². The molecule has 2 rings (SSSR count). The van der Waals surface area contributed by atoms with Gasteiger partial charge in [0.05, 0.1) is 11.9 Å². The number of rotatable bonds is 3. The third-order valence-corrected chi connectivity index (χ3v) is 1.79. The van der Waals surface area contributed by atoms with Crippen LogP contribution < -0.4 is 5.32 Å². The lowest BCUT2D eigenvalue weighted by Crippen LogP contribution is -2.14. The van der Waals surface area contributed by atoms with Crippen LogP contribution in [0.2, 0.25) is 0 Å². The summed E-state index contributed by atoms with van der Waals surface area (Å²) in [6, 6.07) is 2.68. The molecule has 86 valence electrons. The summed E-state index contributed by atoms with van der Waals surface area (Å²) in [4.78, 5) is 25.6.